The minimum atomic E-state index is -1.00. The van der Waals surface area contributed by atoms with Crippen molar-refractivity contribution < 1.29 is 18.8 Å². The van der Waals surface area contributed by atoms with E-state index in [0.29, 0.717) is 0 Å². The number of carbonyl (C=O) groups is 3. The van der Waals surface area contributed by atoms with Gasteiger partial charge in [0, 0.05) is 32.1 Å². The van der Waals surface area contributed by atoms with Gasteiger partial charge >= 0.3 is 11.8 Å². The first-order chi connectivity index (χ1) is 9.47. The molecular formula is C13H16FN3O3. The van der Waals surface area contributed by atoms with Crippen LogP contribution < -0.4 is 11.1 Å². The van der Waals surface area contributed by atoms with E-state index in [9.17, 15) is 18.8 Å². The van der Waals surface area contributed by atoms with Crippen molar-refractivity contribution in [3.05, 3.63) is 35.6 Å². The predicted molar refractivity (Wildman–Crippen MR) is 69.7 cm³/mol. The van der Waals surface area contributed by atoms with Crippen molar-refractivity contribution >= 4 is 17.7 Å². The molecule has 0 radical (unpaired) electrons. The summed E-state index contributed by atoms with van der Waals surface area (Å²) in [5.74, 6) is -3.02. The van der Waals surface area contributed by atoms with Crippen molar-refractivity contribution in [2.75, 3.05) is 13.1 Å². The smallest absolute Gasteiger partial charge is 0.318 e. The highest BCUT2D eigenvalue weighted by Crippen LogP contribution is 2.05. The van der Waals surface area contributed by atoms with Gasteiger partial charge in [0.25, 0.3) is 0 Å². The van der Waals surface area contributed by atoms with Gasteiger partial charge in [-0.1, -0.05) is 18.2 Å². The zero-order chi connectivity index (χ0) is 15.1. The maximum Gasteiger partial charge on any atom is 0.318 e. The lowest BCUT2D eigenvalue weighted by Crippen LogP contribution is -2.46. The summed E-state index contributed by atoms with van der Waals surface area (Å²) in [4.78, 5) is 35.3. The fraction of sp³-hybridized carbons (Fsp3) is 0.308. The zero-order valence-electron chi connectivity index (χ0n) is 11.1. The van der Waals surface area contributed by atoms with E-state index >= 15 is 0 Å². The molecule has 0 bridgehead atoms. The molecule has 0 aliphatic rings. The summed E-state index contributed by atoms with van der Waals surface area (Å²) >= 11 is 0. The highest BCUT2D eigenvalue weighted by Gasteiger charge is 2.24. The molecule has 3 amide bonds. The molecule has 1 aromatic rings. The summed E-state index contributed by atoms with van der Waals surface area (Å²) in [6.07, 6.45) is 0. The SMILES string of the molecule is CC(=O)N(CCN)C(=O)C(=O)NCc1ccccc1F. The first kappa shape index (κ1) is 15.8. The van der Waals surface area contributed by atoms with Crippen LogP contribution >= 0.6 is 0 Å². The van der Waals surface area contributed by atoms with E-state index in [-0.39, 0.29) is 25.2 Å². The molecule has 3 N–H and O–H groups in total. The first-order valence-electron chi connectivity index (χ1n) is 6.01. The van der Waals surface area contributed by atoms with Gasteiger partial charge in [-0.05, 0) is 6.07 Å². The van der Waals surface area contributed by atoms with E-state index in [4.69, 9.17) is 5.73 Å². The van der Waals surface area contributed by atoms with Gasteiger partial charge in [-0.3, -0.25) is 19.3 Å². The van der Waals surface area contributed by atoms with Crippen LogP contribution in [-0.4, -0.2) is 35.7 Å². The lowest BCUT2D eigenvalue weighted by atomic mass is 10.2. The van der Waals surface area contributed by atoms with Gasteiger partial charge < -0.3 is 11.1 Å². The zero-order valence-corrected chi connectivity index (χ0v) is 11.1. The monoisotopic (exact) mass is 281 g/mol. The molecule has 7 heteroatoms. The predicted octanol–water partition coefficient (Wildman–Crippen LogP) is -0.224. The van der Waals surface area contributed by atoms with Crippen LogP contribution in [0.3, 0.4) is 0 Å². The van der Waals surface area contributed by atoms with Crippen LogP contribution in [0.5, 0.6) is 0 Å². The quantitative estimate of drug-likeness (QED) is 0.746. The Bertz CT molecular complexity index is 519. The Morgan fingerprint density at radius 3 is 2.50 bits per heavy atom. The normalized spacial score (nSPS) is 9.95. The number of hydrogen-bond donors (Lipinski definition) is 2. The van der Waals surface area contributed by atoms with E-state index in [1.165, 1.54) is 18.2 Å². The van der Waals surface area contributed by atoms with Crippen LogP contribution in [0.15, 0.2) is 24.3 Å². The van der Waals surface area contributed by atoms with Crippen molar-refractivity contribution in [2.24, 2.45) is 5.73 Å². The van der Waals surface area contributed by atoms with Crippen LogP contribution in [0.2, 0.25) is 0 Å². The van der Waals surface area contributed by atoms with Gasteiger partial charge in [0.15, 0.2) is 0 Å². The molecule has 0 fully saturated rings. The molecule has 0 saturated carbocycles. The number of nitrogens with zero attached hydrogens (tertiary/aromatic N) is 1. The average Bonchev–Trinajstić information content (AvgIpc) is 2.42. The fourth-order valence-corrected chi connectivity index (χ4v) is 1.55. The Hall–Kier alpha value is -2.28. The number of nitrogens with one attached hydrogen (secondary N) is 1. The van der Waals surface area contributed by atoms with E-state index < -0.39 is 23.5 Å². The van der Waals surface area contributed by atoms with Crippen LogP contribution in [0.4, 0.5) is 4.39 Å². The van der Waals surface area contributed by atoms with Crippen LogP contribution in [0, 0.1) is 5.82 Å². The van der Waals surface area contributed by atoms with Gasteiger partial charge in [-0.25, -0.2) is 4.39 Å². The lowest BCUT2D eigenvalue weighted by Gasteiger charge is -2.17. The molecular weight excluding hydrogens is 265 g/mol. The molecule has 0 aromatic heterocycles. The van der Waals surface area contributed by atoms with E-state index in [1.807, 2.05) is 0 Å². The second-order valence-electron chi connectivity index (χ2n) is 4.04. The largest absolute Gasteiger partial charge is 0.344 e. The Kier molecular flexibility index (Phi) is 5.79. The van der Waals surface area contributed by atoms with Crippen molar-refractivity contribution in [3.8, 4) is 0 Å². The van der Waals surface area contributed by atoms with E-state index in [0.717, 1.165) is 11.8 Å². The molecule has 0 unspecified atom stereocenters. The maximum atomic E-state index is 13.3. The number of hydrogen-bond acceptors (Lipinski definition) is 4. The van der Waals surface area contributed by atoms with Crippen molar-refractivity contribution in [1.82, 2.24) is 10.2 Å². The number of benzene rings is 1. The highest BCUT2D eigenvalue weighted by molar-refractivity contribution is 6.37. The molecule has 1 rings (SSSR count). The third kappa shape index (κ3) is 4.13. The Balaban J connectivity index is 2.64. The minimum Gasteiger partial charge on any atom is -0.344 e. The van der Waals surface area contributed by atoms with Crippen LogP contribution in [-0.2, 0) is 20.9 Å². The molecule has 0 aliphatic carbocycles. The Morgan fingerprint density at radius 2 is 1.95 bits per heavy atom. The molecule has 108 valence electrons. The van der Waals surface area contributed by atoms with E-state index in [1.54, 1.807) is 6.07 Å². The topological polar surface area (TPSA) is 92.5 Å². The van der Waals surface area contributed by atoms with Gasteiger partial charge in [0.05, 0.1) is 0 Å². The van der Waals surface area contributed by atoms with Crippen molar-refractivity contribution in [3.63, 3.8) is 0 Å². The second-order valence-corrected chi connectivity index (χ2v) is 4.04. The molecule has 0 atom stereocenters. The Morgan fingerprint density at radius 1 is 1.30 bits per heavy atom. The Labute approximate surface area is 115 Å². The fourth-order valence-electron chi connectivity index (χ4n) is 1.55. The van der Waals surface area contributed by atoms with Gasteiger partial charge in [0.1, 0.15) is 5.82 Å². The lowest BCUT2D eigenvalue weighted by molar-refractivity contribution is -0.151. The molecule has 0 spiro atoms. The third-order valence-corrected chi connectivity index (χ3v) is 2.57. The van der Waals surface area contributed by atoms with Crippen molar-refractivity contribution in [1.29, 1.82) is 0 Å². The number of amides is 3. The van der Waals surface area contributed by atoms with Crippen LogP contribution in [0.25, 0.3) is 0 Å². The number of halogens is 1. The molecule has 0 heterocycles. The third-order valence-electron chi connectivity index (χ3n) is 2.57. The first-order valence-corrected chi connectivity index (χ1v) is 6.01. The molecule has 1 aromatic carbocycles. The number of rotatable bonds is 4. The van der Waals surface area contributed by atoms with Crippen molar-refractivity contribution in [2.45, 2.75) is 13.5 Å². The summed E-state index contributed by atoms with van der Waals surface area (Å²) in [5, 5.41) is 2.27. The molecule has 20 heavy (non-hydrogen) atoms. The number of carbonyl (C=O) groups excluding carboxylic acids is 3. The molecule has 0 aliphatic heterocycles. The number of nitrogens with two attached hydrogens (primary N) is 1. The van der Waals surface area contributed by atoms with E-state index in [2.05, 4.69) is 5.32 Å². The number of imide groups is 1. The molecule has 6 nitrogen and oxygen atoms in total. The summed E-state index contributed by atoms with van der Waals surface area (Å²) in [6, 6.07) is 5.87. The minimum absolute atomic E-state index is 0.0404. The maximum absolute atomic E-state index is 13.3. The highest BCUT2D eigenvalue weighted by atomic mass is 19.1. The van der Waals surface area contributed by atoms with Gasteiger partial charge in [-0.15, -0.1) is 0 Å². The van der Waals surface area contributed by atoms with Crippen LogP contribution in [0.1, 0.15) is 12.5 Å². The summed E-state index contributed by atoms with van der Waals surface area (Å²) in [7, 11) is 0. The van der Waals surface area contributed by atoms with Gasteiger partial charge in [0.2, 0.25) is 5.91 Å². The molecule has 0 saturated heterocycles. The summed E-state index contributed by atoms with van der Waals surface area (Å²) in [5.41, 5.74) is 5.51. The average molecular weight is 281 g/mol. The second kappa shape index (κ2) is 7.34. The summed E-state index contributed by atoms with van der Waals surface area (Å²) < 4.78 is 13.3. The summed E-state index contributed by atoms with van der Waals surface area (Å²) in [6.45, 7) is 1.05. The standard InChI is InChI=1S/C13H16FN3O3/c1-9(18)17(7-6-15)13(20)12(19)16-8-10-4-2-3-5-11(10)14/h2-5H,6-8,15H2,1H3,(H,16,19). The van der Waals surface area contributed by atoms with Gasteiger partial charge in [-0.2, -0.15) is 0 Å².